The molecule has 28 heavy (non-hydrogen) atoms. The van der Waals surface area contributed by atoms with Gasteiger partial charge in [-0.15, -0.1) is 11.3 Å². The average molecular weight is 398 g/mol. The van der Waals surface area contributed by atoms with Crippen molar-refractivity contribution >= 4 is 34.6 Å². The van der Waals surface area contributed by atoms with Crippen LogP contribution < -0.4 is 5.32 Å². The number of benzene rings is 1. The second-order valence-corrected chi connectivity index (χ2v) is 6.58. The largest absolute Gasteiger partial charge is 0.451 e. The standard InChI is InChI=1S/C18H14N4O5S/c1-11-16(28-17(20-11)14-7-2-3-8-19-14)18(24)27-10-15(23)21-12-5-4-6-13(9-12)22(25)26/h2-9H,10H2,1H3,(H,21,23). The lowest BCUT2D eigenvalue weighted by Crippen LogP contribution is -2.20. The third kappa shape index (κ3) is 4.54. The van der Waals surface area contributed by atoms with E-state index in [0.29, 0.717) is 16.4 Å². The summed E-state index contributed by atoms with van der Waals surface area (Å²) in [5, 5.41) is 13.8. The van der Waals surface area contributed by atoms with E-state index in [1.165, 1.54) is 24.3 Å². The van der Waals surface area contributed by atoms with Gasteiger partial charge in [-0.1, -0.05) is 12.1 Å². The first kappa shape index (κ1) is 19.1. The van der Waals surface area contributed by atoms with Gasteiger partial charge in [0.15, 0.2) is 6.61 Å². The van der Waals surface area contributed by atoms with Crippen LogP contribution in [-0.4, -0.2) is 33.4 Å². The molecule has 1 amide bonds. The summed E-state index contributed by atoms with van der Waals surface area (Å²) >= 11 is 1.13. The smallest absolute Gasteiger partial charge is 0.350 e. The van der Waals surface area contributed by atoms with Gasteiger partial charge in [0.05, 0.1) is 16.3 Å². The second-order valence-electron chi connectivity index (χ2n) is 5.58. The van der Waals surface area contributed by atoms with Crippen LogP contribution in [0.25, 0.3) is 10.7 Å². The summed E-state index contributed by atoms with van der Waals surface area (Å²) in [7, 11) is 0. The fourth-order valence-corrected chi connectivity index (χ4v) is 3.21. The van der Waals surface area contributed by atoms with Crippen molar-refractivity contribution in [2.45, 2.75) is 6.92 Å². The fraction of sp³-hybridized carbons (Fsp3) is 0.111. The fourth-order valence-electron chi connectivity index (χ4n) is 2.28. The Morgan fingerprint density at radius 3 is 2.79 bits per heavy atom. The number of nitrogens with one attached hydrogen (secondary N) is 1. The van der Waals surface area contributed by atoms with Gasteiger partial charge in [-0.25, -0.2) is 9.78 Å². The number of esters is 1. The predicted molar refractivity (Wildman–Crippen MR) is 102 cm³/mol. The Hall–Kier alpha value is -3.66. The molecule has 0 fully saturated rings. The van der Waals surface area contributed by atoms with E-state index in [2.05, 4.69) is 15.3 Å². The molecule has 1 aromatic carbocycles. The highest BCUT2D eigenvalue weighted by molar-refractivity contribution is 7.17. The van der Waals surface area contributed by atoms with Crippen LogP contribution in [0, 0.1) is 17.0 Å². The number of pyridine rings is 1. The van der Waals surface area contributed by atoms with E-state index in [-0.39, 0.29) is 16.3 Å². The number of thiazole rings is 1. The van der Waals surface area contributed by atoms with Crippen LogP contribution in [0.5, 0.6) is 0 Å². The summed E-state index contributed by atoms with van der Waals surface area (Å²) in [6, 6.07) is 10.8. The molecule has 0 spiro atoms. The third-order valence-electron chi connectivity index (χ3n) is 3.54. The highest BCUT2D eigenvalue weighted by atomic mass is 32.1. The Kier molecular flexibility index (Phi) is 5.70. The number of non-ortho nitro benzene ring substituents is 1. The maximum absolute atomic E-state index is 12.3. The normalized spacial score (nSPS) is 10.3. The van der Waals surface area contributed by atoms with Crippen molar-refractivity contribution in [1.82, 2.24) is 9.97 Å². The molecule has 0 saturated carbocycles. The van der Waals surface area contributed by atoms with E-state index in [1.807, 2.05) is 6.07 Å². The number of hydrogen-bond donors (Lipinski definition) is 1. The van der Waals surface area contributed by atoms with E-state index in [9.17, 15) is 19.7 Å². The lowest BCUT2D eigenvalue weighted by atomic mass is 10.3. The molecule has 1 N–H and O–H groups in total. The first-order valence-electron chi connectivity index (χ1n) is 8.04. The van der Waals surface area contributed by atoms with Crippen LogP contribution in [0.15, 0.2) is 48.7 Å². The topological polar surface area (TPSA) is 124 Å². The molecule has 0 aliphatic rings. The summed E-state index contributed by atoms with van der Waals surface area (Å²) in [5.74, 6) is -1.28. The quantitative estimate of drug-likeness (QED) is 0.384. The van der Waals surface area contributed by atoms with E-state index in [0.717, 1.165) is 11.3 Å². The summed E-state index contributed by atoms with van der Waals surface area (Å²) in [6.07, 6.45) is 1.63. The summed E-state index contributed by atoms with van der Waals surface area (Å²) in [4.78, 5) is 43.2. The van der Waals surface area contributed by atoms with Gasteiger partial charge in [-0.3, -0.25) is 19.9 Å². The third-order valence-corrected chi connectivity index (χ3v) is 4.70. The molecule has 0 aliphatic heterocycles. The predicted octanol–water partition coefficient (Wildman–Crippen LogP) is 3.22. The number of nitro benzene ring substituents is 1. The minimum absolute atomic E-state index is 0.155. The molecule has 3 aromatic rings. The summed E-state index contributed by atoms with van der Waals surface area (Å²) < 4.78 is 5.03. The zero-order valence-corrected chi connectivity index (χ0v) is 15.4. The zero-order chi connectivity index (χ0) is 20.1. The van der Waals surface area contributed by atoms with Crippen LogP contribution in [0.3, 0.4) is 0 Å². The Labute approximate surface area is 163 Å². The Morgan fingerprint density at radius 2 is 2.07 bits per heavy atom. The van der Waals surface area contributed by atoms with Crippen molar-refractivity contribution in [3.63, 3.8) is 0 Å². The molecule has 142 valence electrons. The Bertz CT molecular complexity index is 1040. The number of carbonyl (C=O) groups excluding carboxylic acids is 2. The molecular weight excluding hydrogens is 384 g/mol. The van der Waals surface area contributed by atoms with Gasteiger partial charge in [0.1, 0.15) is 9.88 Å². The number of hydrogen-bond acceptors (Lipinski definition) is 8. The Morgan fingerprint density at radius 1 is 1.25 bits per heavy atom. The van der Waals surface area contributed by atoms with Gasteiger partial charge >= 0.3 is 5.97 Å². The highest BCUT2D eigenvalue weighted by Gasteiger charge is 2.19. The monoisotopic (exact) mass is 398 g/mol. The first-order chi connectivity index (χ1) is 13.4. The maximum atomic E-state index is 12.3. The number of aryl methyl sites for hydroxylation is 1. The van der Waals surface area contributed by atoms with E-state index in [4.69, 9.17) is 4.74 Å². The molecular formula is C18H14N4O5S. The van der Waals surface area contributed by atoms with Crippen LogP contribution >= 0.6 is 11.3 Å². The Balaban J connectivity index is 1.61. The summed E-state index contributed by atoms with van der Waals surface area (Å²) in [6.45, 7) is 1.14. The molecule has 3 rings (SSSR count). The van der Waals surface area contributed by atoms with E-state index in [1.54, 1.807) is 25.3 Å². The van der Waals surface area contributed by atoms with Gasteiger partial charge in [-0.2, -0.15) is 0 Å². The molecule has 10 heteroatoms. The van der Waals surface area contributed by atoms with Gasteiger partial charge < -0.3 is 10.1 Å². The van der Waals surface area contributed by atoms with Crippen molar-refractivity contribution in [3.8, 4) is 10.7 Å². The molecule has 0 radical (unpaired) electrons. The number of ether oxygens (including phenoxy) is 1. The number of nitro groups is 1. The van der Waals surface area contributed by atoms with Gasteiger partial charge in [0.2, 0.25) is 0 Å². The first-order valence-corrected chi connectivity index (χ1v) is 8.86. The lowest BCUT2D eigenvalue weighted by Gasteiger charge is -2.06. The number of aromatic nitrogens is 2. The number of amides is 1. The number of anilines is 1. The van der Waals surface area contributed by atoms with Crippen molar-refractivity contribution in [3.05, 3.63) is 69.3 Å². The SMILES string of the molecule is Cc1nc(-c2ccccn2)sc1C(=O)OCC(=O)Nc1cccc([N+](=O)[O-])c1. The minimum Gasteiger partial charge on any atom is -0.451 e. The summed E-state index contributed by atoms with van der Waals surface area (Å²) in [5.41, 5.74) is 1.20. The molecule has 9 nitrogen and oxygen atoms in total. The minimum atomic E-state index is -0.675. The van der Waals surface area contributed by atoms with Crippen LogP contribution in [0.4, 0.5) is 11.4 Å². The van der Waals surface area contributed by atoms with Crippen molar-refractivity contribution in [1.29, 1.82) is 0 Å². The number of carbonyl (C=O) groups is 2. The van der Waals surface area contributed by atoms with Crippen LogP contribution in [0.2, 0.25) is 0 Å². The van der Waals surface area contributed by atoms with Gasteiger partial charge in [0, 0.05) is 24.0 Å². The van der Waals surface area contributed by atoms with Crippen LogP contribution in [0.1, 0.15) is 15.4 Å². The molecule has 0 aliphatic carbocycles. The molecule has 0 atom stereocenters. The highest BCUT2D eigenvalue weighted by Crippen LogP contribution is 2.27. The van der Waals surface area contributed by atoms with Crippen molar-refractivity contribution in [2.24, 2.45) is 0 Å². The zero-order valence-electron chi connectivity index (χ0n) is 14.6. The van der Waals surface area contributed by atoms with Gasteiger partial charge in [0.25, 0.3) is 11.6 Å². The van der Waals surface area contributed by atoms with E-state index < -0.39 is 23.4 Å². The molecule has 0 saturated heterocycles. The van der Waals surface area contributed by atoms with Gasteiger partial charge in [-0.05, 0) is 25.1 Å². The number of rotatable bonds is 6. The molecule has 0 bridgehead atoms. The van der Waals surface area contributed by atoms with Crippen molar-refractivity contribution < 1.29 is 19.2 Å². The second kappa shape index (κ2) is 8.35. The van der Waals surface area contributed by atoms with Crippen molar-refractivity contribution in [2.75, 3.05) is 11.9 Å². The average Bonchev–Trinajstić information content (AvgIpc) is 3.09. The molecule has 0 unspecified atom stereocenters. The number of nitrogens with zero attached hydrogens (tertiary/aromatic N) is 3. The van der Waals surface area contributed by atoms with Crippen LogP contribution in [-0.2, 0) is 9.53 Å². The van der Waals surface area contributed by atoms with E-state index >= 15 is 0 Å². The molecule has 2 heterocycles. The lowest BCUT2D eigenvalue weighted by molar-refractivity contribution is -0.384. The maximum Gasteiger partial charge on any atom is 0.350 e. The molecule has 2 aromatic heterocycles.